The lowest BCUT2D eigenvalue weighted by atomic mass is 9.95. The number of nitrogens with one attached hydrogen (secondary N) is 1. The van der Waals surface area contributed by atoms with Crippen LogP contribution in [0.15, 0.2) is 36.4 Å². The fourth-order valence-electron chi connectivity index (χ4n) is 6.25. The van der Waals surface area contributed by atoms with Gasteiger partial charge in [0.2, 0.25) is 5.91 Å². The number of likely N-dealkylation sites (tertiary alicyclic amines) is 1. The number of hydrogen-bond acceptors (Lipinski definition) is 8. The lowest BCUT2D eigenvalue weighted by molar-refractivity contribution is -0.385. The number of halogens is 1. The molecule has 1 N–H and O–H groups in total. The first-order chi connectivity index (χ1) is 21.7. The van der Waals surface area contributed by atoms with Crippen LogP contribution in [0.4, 0.5) is 26.2 Å². The molecule has 2 fully saturated rings. The van der Waals surface area contributed by atoms with Crippen molar-refractivity contribution in [1.82, 2.24) is 14.8 Å². The van der Waals surface area contributed by atoms with Crippen molar-refractivity contribution < 1.29 is 23.6 Å². The summed E-state index contributed by atoms with van der Waals surface area (Å²) in [6, 6.07) is 9.92. The first kappa shape index (κ1) is 32.9. The van der Waals surface area contributed by atoms with Gasteiger partial charge in [-0.3, -0.25) is 19.9 Å². The molecule has 1 atom stereocenters. The van der Waals surface area contributed by atoms with E-state index < -0.39 is 22.4 Å². The van der Waals surface area contributed by atoms with Crippen LogP contribution < -0.4 is 10.2 Å². The number of rotatable bonds is 6. The summed E-state index contributed by atoms with van der Waals surface area (Å²) in [5, 5.41) is 15.7. The van der Waals surface area contributed by atoms with Crippen molar-refractivity contribution in [3.8, 4) is 0 Å². The fourth-order valence-corrected chi connectivity index (χ4v) is 6.25. The predicted octanol–water partition coefficient (Wildman–Crippen LogP) is 6.37. The Balaban J connectivity index is 1.25. The van der Waals surface area contributed by atoms with Crippen LogP contribution in [0.3, 0.4) is 0 Å². The molecule has 3 aromatic rings. The number of fused-ring (bicyclic) bond motifs is 1. The number of piperazine rings is 1. The summed E-state index contributed by atoms with van der Waals surface area (Å²) in [4.78, 5) is 47.2. The largest absolute Gasteiger partial charge is 0.444 e. The minimum atomic E-state index is -0.549. The first-order valence-electron chi connectivity index (χ1n) is 15.8. The molecular formula is C34H43FN6O5. The molecule has 2 amide bonds. The van der Waals surface area contributed by atoms with E-state index >= 15 is 4.39 Å². The van der Waals surface area contributed by atoms with Gasteiger partial charge in [0.15, 0.2) is 0 Å². The zero-order valence-electron chi connectivity index (χ0n) is 27.4. The number of pyridine rings is 1. The van der Waals surface area contributed by atoms with Gasteiger partial charge in [0, 0.05) is 85.3 Å². The van der Waals surface area contributed by atoms with Crippen molar-refractivity contribution in [1.29, 1.82) is 0 Å². The quantitative estimate of drug-likeness (QED) is 0.245. The molecule has 246 valence electrons. The van der Waals surface area contributed by atoms with E-state index in [1.54, 1.807) is 11.8 Å². The van der Waals surface area contributed by atoms with Crippen LogP contribution in [-0.4, -0.2) is 76.6 Å². The summed E-state index contributed by atoms with van der Waals surface area (Å²) >= 11 is 0. The molecule has 0 bridgehead atoms. The zero-order chi connectivity index (χ0) is 33.3. The van der Waals surface area contributed by atoms with Crippen molar-refractivity contribution in [3.05, 3.63) is 69.2 Å². The molecule has 3 heterocycles. The van der Waals surface area contributed by atoms with Gasteiger partial charge in [-0.15, -0.1) is 0 Å². The van der Waals surface area contributed by atoms with Crippen LogP contribution in [0, 0.1) is 35.7 Å². The summed E-state index contributed by atoms with van der Waals surface area (Å²) in [7, 11) is 0. The lowest BCUT2D eigenvalue weighted by Gasteiger charge is -2.39. The van der Waals surface area contributed by atoms with E-state index in [2.05, 4.69) is 21.3 Å². The molecule has 0 aliphatic carbocycles. The summed E-state index contributed by atoms with van der Waals surface area (Å²) < 4.78 is 20.6. The van der Waals surface area contributed by atoms with Crippen molar-refractivity contribution in [2.45, 2.75) is 66.0 Å². The molecule has 0 radical (unpaired) electrons. The maximum absolute atomic E-state index is 15.1. The number of piperidine rings is 1. The van der Waals surface area contributed by atoms with E-state index in [9.17, 15) is 19.7 Å². The highest BCUT2D eigenvalue weighted by atomic mass is 19.1. The Morgan fingerprint density at radius 3 is 2.33 bits per heavy atom. The number of hydrogen-bond donors (Lipinski definition) is 1. The van der Waals surface area contributed by atoms with Crippen LogP contribution in [0.2, 0.25) is 0 Å². The summed E-state index contributed by atoms with van der Waals surface area (Å²) in [6.45, 7) is 14.3. The van der Waals surface area contributed by atoms with E-state index in [0.717, 1.165) is 28.0 Å². The van der Waals surface area contributed by atoms with Crippen LogP contribution >= 0.6 is 0 Å². The second-order valence-corrected chi connectivity index (χ2v) is 13.4. The summed E-state index contributed by atoms with van der Waals surface area (Å²) in [5.74, 6) is -0.427. The number of benzene rings is 2. The number of ether oxygens (including phenoxy) is 1. The number of nitro benzene ring substituents is 1. The minimum Gasteiger partial charge on any atom is -0.444 e. The van der Waals surface area contributed by atoms with E-state index in [1.807, 2.05) is 50.8 Å². The Kier molecular flexibility index (Phi) is 9.37. The van der Waals surface area contributed by atoms with Crippen LogP contribution in [-0.2, 0) is 9.53 Å². The van der Waals surface area contributed by atoms with Gasteiger partial charge in [0.25, 0.3) is 5.69 Å². The number of aryl methyl sites for hydroxylation is 2. The Hall–Kier alpha value is -4.48. The molecule has 46 heavy (non-hydrogen) atoms. The SMILES string of the molecule is Cc1cc(N[C@H](C)c2cc([N+](=O)[O-])cc(C)c2F)c2cc(N3CCN(C(=O)C4CCN(C(=O)OC(C)(C)C)CC4)CC3)ccc2n1. The number of anilines is 2. The van der Waals surface area contributed by atoms with Crippen molar-refractivity contribution in [3.63, 3.8) is 0 Å². The molecule has 2 saturated heterocycles. The summed E-state index contributed by atoms with van der Waals surface area (Å²) in [5.41, 5.74) is 3.06. The van der Waals surface area contributed by atoms with Gasteiger partial charge in [-0.2, -0.15) is 0 Å². The second kappa shape index (κ2) is 13.1. The Morgan fingerprint density at radius 1 is 1.02 bits per heavy atom. The van der Waals surface area contributed by atoms with Crippen molar-refractivity contribution >= 4 is 40.0 Å². The third kappa shape index (κ3) is 7.32. The Bertz CT molecular complexity index is 1640. The third-order valence-electron chi connectivity index (χ3n) is 8.69. The van der Waals surface area contributed by atoms with Gasteiger partial charge in [-0.1, -0.05) is 0 Å². The number of carbonyl (C=O) groups excluding carboxylic acids is 2. The number of nitrogens with zero attached hydrogens (tertiary/aromatic N) is 5. The number of amides is 2. The molecule has 2 aromatic carbocycles. The molecule has 0 unspecified atom stereocenters. The molecule has 5 rings (SSSR count). The molecular weight excluding hydrogens is 591 g/mol. The normalized spacial score (nSPS) is 16.8. The van der Waals surface area contributed by atoms with Gasteiger partial charge >= 0.3 is 6.09 Å². The molecule has 12 heteroatoms. The van der Waals surface area contributed by atoms with Crippen LogP contribution in [0.25, 0.3) is 10.9 Å². The van der Waals surface area contributed by atoms with E-state index in [1.165, 1.54) is 19.1 Å². The maximum Gasteiger partial charge on any atom is 0.410 e. The van der Waals surface area contributed by atoms with Gasteiger partial charge < -0.3 is 24.8 Å². The van der Waals surface area contributed by atoms with E-state index in [-0.39, 0.29) is 34.7 Å². The monoisotopic (exact) mass is 634 g/mol. The highest BCUT2D eigenvalue weighted by Crippen LogP contribution is 2.33. The van der Waals surface area contributed by atoms with Gasteiger partial charge in [-0.05, 0) is 84.2 Å². The molecule has 1 aromatic heterocycles. The number of non-ortho nitro benzene ring substituents is 1. The summed E-state index contributed by atoms with van der Waals surface area (Å²) in [6.07, 6.45) is 0.930. The predicted molar refractivity (Wildman–Crippen MR) is 176 cm³/mol. The van der Waals surface area contributed by atoms with Gasteiger partial charge in [0.05, 0.1) is 16.5 Å². The molecule has 0 saturated carbocycles. The zero-order valence-corrected chi connectivity index (χ0v) is 27.4. The Morgan fingerprint density at radius 2 is 1.70 bits per heavy atom. The molecule has 0 spiro atoms. The topological polar surface area (TPSA) is 121 Å². The Labute approximate surface area is 268 Å². The number of nitro groups is 1. The highest BCUT2D eigenvalue weighted by molar-refractivity contribution is 5.94. The van der Waals surface area contributed by atoms with Gasteiger partial charge in [-0.25, -0.2) is 9.18 Å². The first-order valence-corrected chi connectivity index (χ1v) is 15.8. The standard InChI is InChI=1S/C34H43FN6O5/c1-21-17-26(41(44)45)20-27(31(21)35)23(3)37-30-18-22(2)36-29-8-7-25(19-28(29)30)38-13-15-39(16-14-38)32(42)24-9-11-40(12-10-24)33(43)46-34(4,5)6/h7-8,17-20,23-24H,9-16H2,1-6H3,(H,36,37)/t23-/m1/s1. The molecule has 11 nitrogen and oxygen atoms in total. The van der Waals surface area contributed by atoms with Crippen LogP contribution in [0.1, 0.15) is 63.4 Å². The maximum atomic E-state index is 15.1. The van der Waals surface area contributed by atoms with Crippen LogP contribution in [0.5, 0.6) is 0 Å². The smallest absolute Gasteiger partial charge is 0.410 e. The second-order valence-electron chi connectivity index (χ2n) is 13.4. The fraction of sp³-hybridized carbons (Fsp3) is 0.500. The van der Waals surface area contributed by atoms with Crippen molar-refractivity contribution in [2.24, 2.45) is 5.92 Å². The highest BCUT2D eigenvalue weighted by Gasteiger charge is 2.33. The average molecular weight is 635 g/mol. The average Bonchev–Trinajstić information content (AvgIpc) is 3.01. The lowest BCUT2D eigenvalue weighted by Crippen LogP contribution is -2.52. The minimum absolute atomic E-state index is 0.101. The third-order valence-corrected chi connectivity index (χ3v) is 8.69. The molecule has 2 aliphatic rings. The van der Waals surface area contributed by atoms with E-state index in [4.69, 9.17) is 4.74 Å². The molecule has 2 aliphatic heterocycles. The number of aromatic nitrogens is 1. The van der Waals surface area contributed by atoms with Crippen molar-refractivity contribution in [2.75, 3.05) is 49.5 Å². The number of carbonyl (C=O) groups is 2. The van der Waals surface area contributed by atoms with Gasteiger partial charge in [0.1, 0.15) is 11.4 Å². The van der Waals surface area contributed by atoms with E-state index in [0.29, 0.717) is 52.1 Å².